The summed E-state index contributed by atoms with van der Waals surface area (Å²) >= 11 is 0. The molecule has 2 heterocycles. The lowest BCUT2D eigenvalue weighted by Gasteiger charge is -2.12. The molecule has 0 atom stereocenters. The van der Waals surface area contributed by atoms with Crippen molar-refractivity contribution < 1.29 is 0 Å². The molecule has 13 aromatic rings. The van der Waals surface area contributed by atoms with E-state index in [0.29, 0.717) is 0 Å². The van der Waals surface area contributed by atoms with Gasteiger partial charge in [0.1, 0.15) is 0 Å². The van der Waals surface area contributed by atoms with Gasteiger partial charge < -0.3 is 9.13 Å². The largest absolute Gasteiger partial charge is 0.309 e. The van der Waals surface area contributed by atoms with Crippen molar-refractivity contribution in [3.05, 3.63) is 218 Å². The third-order valence-electron chi connectivity index (χ3n) is 12.9. The van der Waals surface area contributed by atoms with E-state index in [-0.39, 0.29) is 0 Å². The van der Waals surface area contributed by atoms with Crippen molar-refractivity contribution in [2.24, 2.45) is 0 Å². The monoisotopic (exact) mass is 760 g/mol. The molecule has 0 fully saturated rings. The molecular weight excluding hydrogens is 725 g/mol. The van der Waals surface area contributed by atoms with E-state index < -0.39 is 0 Å². The molecule has 0 radical (unpaired) electrons. The van der Waals surface area contributed by atoms with Crippen LogP contribution in [0.3, 0.4) is 0 Å². The first-order chi connectivity index (χ1) is 29.7. The Balaban J connectivity index is 0.912. The first-order valence-corrected chi connectivity index (χ1v) is 20.7. The van der Waals surface area contributed by atoms with Crippen LogP contribution in [0.4, 0.5) is 0 Å². The molecule has 0 aliphatic rings. The molecule has 60 heavy (non-hydrogen) atoms. The molecule has 13 rings (SSSR count). The molecule has 0 saturated heterocycles. The molecule has 278 valence electrons. The highest BCUT2D eigenvalue weighted by Crippen LogP contribution is 2.40. The van der Waals surface area contributed by atoms with E-state index in [0.717, 1.165) is 5.69 Å². The van der Waals surface area contributed by atoms with Crippen molar-refractivity contribution in [1.29, 1.82) is 0 Å². The third-order valence-corrected chi connectivity index (χ3v) is 12.9. The van der Waals surface area contributed by atoms with Crippen LogP contribution in [0, 0.1) is 0 Å². The summed E-state index contributed by atoms with van der Waals surface area (Å²) in [6, 6.07) is 80.6. The van der Waals surface area contributed by atoms with Gasteiger partial charge in [-0.15, -0.1) is 0 Å². The molecular formula is C58H36N2. The lowest BCUT2D eigenvalue weighted by molar-refractivity contribution is 1.18. The average molecular weight is 761 g/mol. The predicted molar refractivity (Wildman–Crippen MR) is 256 cm³/mol. The summed E-state index contributed by atoms with van der Waals surface area (Å²) in [4.78, 5) is 0. The van der Waals surface area contributed by atoms with E-state index >= 15 is 0 Å². The molecule has 2 heteroatoms. The molecule has 0 unspecified atom stereocenters. The number of hydrogen-bond donors (Lipinski definition) is 0. The minimum Gasteiger partial charge on any atom is -0.309 e. The van der Waals surface area contributed by atoms with Crippen LogP contribution in [0.2, 0.25) is 0 Å². The van der Waals surface area contributed by atoms with Gasteiger partial charge in [-0.1, -0.05) is 146 Å². The van der Waals surface area contributed by atoms with Crippen molar-refractivity contribution >= 4 is 86.7 Å². The topological polar surface area (TPSA) is 9.86 Å². The standard InChI is InChI=1S/C58H36N2/c1-2-11-45(12-3-1)59-55-16-8-6-14-51(55)53-35-41(24-30-57(53)59)42-25-31-58-54(36-42)52-15-7-9-17-56(52)60(58)46-26-20-37-18-19-39(33-44(37)34-46)40-22-27-48-43(32-40)23-29-49-47-13-5-4-10-38(47)21-28-50(48)49/h1-36H. The SMILES string of the molecule is c1ccc(-n2c3ccccc3c3cc(-c4ccc5c(c4)c4ccccc4n5-c4ccc5ccc(-c6ccc7c(ccc8c9ccccc9ccc78)c6)cc5c4)ccc32)cc1. The number of benzene rings is 11. The summed E-state index contributed by atoms with van der Waals surface area (Å²) in [7, 11) is 0. The van der Waals surface area contributed by atoms with Crippen molar-refractivity contribution in [3.63, 3.8) is 0 Å². The van der Waals surface area contributed by atoms with Gasteiger partial charge in [0.05, 0.1) is 22.1 Å². The van der Waals surface area contributed by atoms with Gasteiger partial charge in [-0.2, -0.15) is 0 Å². The van der Waals surface area contributed by atoms with Crippen LogP contribution >= 0.6 is 0 Å². The maximum absolute atomic E-state index is 2.43. The molecule has 0 aliphatic carbocycles. The zero-order valence-electron chi connectivity index (χ0n) is 32.7. The lowest BCUT2D eigenvalue weighted by atomic mass is 9.94. The lowest BCUT2D eigenvalue weighted by Crippen LogP contribution is -1.94. The van der Waals surface area contributed by atoms with Gasteiger partial charge in [-0.25, -0.2) is 0 Å². The summed E-state index contributed by atoms with van der Waals surface area (Å²) in [5.74, 6) is 0. The molecule has 0 aliphatic heterocycles. The van der Waals surface area contributed by atoms with Crippen molar-refractivity contribution in [2.75, 3.05) is 0 Å². The van der Waals surface area contributed by atoms with E-state index in [9.17, 15) is 0 Å². The molecule has 0 spiro atoms. The Labute approximate surface area is 346 Å². The zero-order valence-corrected chi connectivity index (χ0v) is 32.7. The van der Waals surface area contributed by atoms with Crippen LogP contribution in [-0.2, 0) is 0 Å². The number of rotatable bonds is 4. The Hall–Kier alpha value is -7.94. The van der Waals surface area contributed by atoms with E-state index in [1.54, 1.807) is 0 Å². The minimum atomic E-state index is 1.16. The number of hydrogen-bond acceptors (Lipinski definition) is 0. The van der Waals surface area contributed by atoms with E-state index in [1.165, 1.54) is 115 Å². The van der Waals surface area contributed by atoms with Gasteiger partial charge in [0.2, 0.25) is 0 Å². The minimum absolute atomic E-state index is 1.16. The fraction of sp³-hybridized carbons (Fsp3) is 0. The third kappa shape index (κ3) is 4.95. The smallest absolute Gasteiger partial charge is 0.0541 e. The second-order valence-corrected chi connectivity index (χ2v) is 16.1. The van der Waals surface area contributed by atoms with Crippen LogP contribution in [0.25, 0.3) is 120 Å². The van der Waals surface area contributed by atoms with Crippen LogP contribution < -0.4 is 0 Å². The summed E-state index contributed by atoms with van der Waals surface area (Å²) < 4.78 is 4.81. The first kappa shape index (κ1) is 33.1. The Kier molecular flexibility index (Phi) is 7.05. The molecule has 0 amide bonds. The van der Waals surface area contributed by atoms with Crippen LogP contribution in [0.5, 0.6) is 0 Å². The van der Waals surface area contributed by atoms with Gasteiger partial charge in [-0.3, -0.25) is 0 Å². The van der Waals surface area contributed by atoms with Gasteiger partial charge in [0.25, 0.3) is 0 Å². The average Bonchev–Trinajstić information content (AvgIpc) is 3.83. The second-order valence-electron chi connectivity index (χ2n) is 16.1. The molecule has 11 aromatic carbocycles. The van der Waals surface area contributed by atoms with Gasteiger partial charge >= 0.3 is 0 Å². The van der Waals surface area contributed by atoms with Crippen LogP contribution in [0.1, 0.15) is 0 Å². The molecule has 2 aromatic heterocycles. The first-order valence-electron chi connectivity index (χ1n) is 20.7. The van der Waals surface area contributed by atoms with Crippen molar-refractivity contribution in [2.45, 2.75) is 0 Å². The molecule has 2 nitrogen and oxygen atoms in total. The summed E-state index contributed by atoms with van der Waals surface area (Å²) in [6.45, 7) is 0. The zero-order chi connectivity index (χ0) is 39.3. The number of para-hydroxylation sites is 3. The molecule has 0 bridgehead atoms. The van der Waals surface area contributed by atoms with Crippen LogP contribution in [-0.4, -0.2) is 9.13 Å². The Morgan fingerprint density at radius 2 is 0.650 bits per heavy atom. The highest BCUT2D eigenvalue weighted by atomic mass is 15.0. The maximum atomic E-state index is 2.43. The van der Waals surface area contributed by atoms with E-state index in [4.69, 9.17) is 0 Å². The Morgan fingerprint density at radius 3 is 1.35 bits per heavy atom. The van der Waals surface area contributed by atoms with Crippen molar-refractivity contribution in [1.82, 2.24) is 9.13 Å². The van der Waals surface area contributed by atoms with Gasteiger partial charge in [0, 0.05) is 32.9 Å². The number of nitrogens with zero attached hydrogens (tertiary/aromatic N) is 2. The summed E-state index contributed by atoms with van der Waals surface area (Å²) in [5.41, 5.74) is 12.0. The maximum Gasteiger partial charge on any atom is 0.0541 e. The highest BCUT2D eigenvalue weighted by Gasteiger charge is 2.17. The van der Waals surface area contributed by atoms with Crippen molar-refractivity contribution in [3.8, 4) is 33.6 Å². The Morgan fingerprint density at radius 1 is 0.200 bits per heavy atom. The highest BCUT2D eigenvalue weighted by molar-refractivity contribution is 6.18. The fourth-order valence-electron chi connectivity index (χ4n) is 10.00. The van der Waals surface area contributed by atoms with Gasteiger partial charge in [0.15, 0.2) is 0 Å². The normalized spacial score (nSPS) is 12.0. The second kappa shape index (κ2) is 12.8. The predicted octanol–water partition coefficient (Wildman–Crippen LogP) is 15.8. The number of fused-ring (bicyclic) bond motifs is 12. The van der Waals surface area contributed by atoms with E-state index in [2.05, 4.69) is 228 Å². The fourth-order valence-corrected chi connectivity index (χ4v) is 10.00. The van der Waals surface area contributed by atoms with E-state index in [1.807, 2.05) is 0 Å². The van der Waals surface area contributed by atoms with Crippen LogP contribution in [0.15, 0.2) is 218 Å². The number of aromatic nitrogens is 2. The quantitative estimate of drug-likeness (QED) is 0.158. The molecule has 0 saturated carbocycles. The van der Waals surface area contributed by atoms with Gasteiger partial charge in [-0.05, 0) is 138 Å². The molecule has 0 N–H and O–H groups in total. The Bertz CT molecular complexity index is 3880. The summed E-state index contributed by atoms with van der Waals surface area (Å²) in [5, 5.41) is 15.2. The summed E-state index contributed by atoms with van der Waals surface area (Å²) in [6.07, 6.45) is 0.